The van der Waals surface area contributed by atoms with Crippen LogP contribution in [0.1, 0.15) is 13.8 Å². The van der Waals surface area contributed by atoms with Crippen molar-refractivity contribution >= 4 is 5.91 Å². The summed E-state index contributed by atoms with van der Waals surface area (Å²) in [7, 11) is 1.49. The van der Waals surface area contributed by atoms with Gasteiger partial charge in [0.25, 0.3) is 5.91 Å². The van der Waals surface area contributed by atoms with Crippen LogP contribution in [0.4, 0.5) is 0 Å². The predicted molar refractivity (Wildman–Crippen MR) is 57.6 cm³/mol. The van der Waals surface area contributed by atoms with E-state index >= 15 is 0 Å². The number of nitrogens with zero attached hydrogens (tertiary/aromatic N) is 2. The van der Waals surface area contributed by atoms with E-state index in [9.17, 15) is 10.0 Å². The number of hydrogen-bond acceptors (Lipinski definition) is 3. The zero-order valence-electron chi connectivity index (χ0n) is 9.47. The Bertz CT molecular complexity index is 486. The number of ether oxygens (including phenoxy) is 1. The van der Waals surface area contributed by atoms with Crippen LogP contribution in [-0.4, -0.2) is 23.0 Å². The Labute approximate surface area is 93.3 Å². The first-order chi connectivity index (χ1) is 7.56. The van der Waals surface area contributed by atoms with Gasteiger partial charge in [0, 0.05) is 6.20 Å². The third-order valence-corrected chi connectivity index (χ3v) is 2.19. The Balaban J connectivity index is 3.12. The highest BCUT2D eigenvalue weighted by Crippen LogP contribution is 2.04. The fourth-order valence-corrected chi connectivity index (χ4v) is 1.01. The van der Waals surface area contributed by atoms with Crippen LogP contribution in [0, 0.1) is 0 Å². The average Bonchev–Trinajstić information content (AvgIpc) is 2.30. The molecule has 1 aromatic heterocycles. The Morgan fingerprint density at radius 2 is 2.12 bits per heavy atom. The molecule has 0 spiro atoms. The van der Waals surface area contributed by atoms with Gasteiger partial charge in [0.05, 0.1) is 12.7 Å². The molecule has 1 heterocycles. The fraction of sp³-hybridized carbons (Fsp3) is 0.273. The van der Waals surface area contributed by atoms with E-state index in [4.69, 9.17) is 4.74 Å². The number of methoxy groups -OCH3 is 1. The molecule has 0 fully saturated rings. The summed E-state index contributed by atoms with van der Waals surface area (Å²) >= 11 is 0. The summed E-state index contributed by atoms with van der Waals surface area (Å²) in [6, 6.07) is 4.85. The Morgan fingerprint density at radius 1 is 1.44 bits per heavy atom. The Morgan fingerprint density at radius 3 is 2.69 bits per heavy atom. The van der Waals surface area contributed by atoms with Crippen molar-refractivity contribution in [2.75, 3.05) is 7.11 Å². The molecule has 1 rings (SSSR count). The summed E-state index contributed by atoms with van der Waals surface area (Å²) in [5.74, 6) is 0.0718. The minimum Gasteiger partial charge on any atom is -0.501 e. The first-order valence-electron chi connectivity index (χ1n) is 4.73. The summed E-state index contributed by atoms with van der Waals surface area (Å²) < 4.78 is 5.72. The number of allylic oxidation sites excluding steroid dienone is 1. The van der Waals surface area contributed by atoms with Crippen LogP contribution >= 0.6 is 0 Å². The number of amides is 1. The van der Waals surface area contributed by atoms with Crippen LogP contribution in [0.25, 0.3) is 0 Å². The number of carbonyl (C=O) groups is 1. The first kappa shape index (κ1) is 12.0. The third kappa shape index (κ3) is 2.73. The Hall–Kier alpha value is -2.04. The van der Waals surface area contributed by atoms with Crippen molar-refractivity contribution in [3.05, 3.63) is 41.2 Å². The van der Waals surface area contributed by atoms with Crippen molar-refractivity contribution in [1.82, 2.24) is 4.73 Å². The number of pyridine rings is 1. The standard InChI is InChI=1S/C11H14N2O3/c1-8(9(2)16-3)11(14)12-10-6-4-5-7-13(10)15/h4-7,15H,1-3H3/b9-8-,12-10?. The molecule has 16 heavy (non-hydrogen) atoms. The van der Waals surface area contributed by atoms with Crippen LogP contribution in [0.5, 0.6) is 0 Å². The number of rotatable bonds is 2. The predicted octanol–water partition coefficient (Wildman–Crippen LogP) is 1.09. The van der Waals surface area contributed by atoms with Gasteiger partial charge < -0.3 is 9.94 Å². The quantitative estimate of drug-likeness (QED) is 0.463. The van der Waals surface area contributed by atoms with E-state index in [1.807, 2.05) is 0 Å². The van der Waals surface area contributed by atoms with Gasteiger partial charge >= 0.3 is 0 Å². The molecule has 5 nitrogen and oxygen atoms in total. The monoisotopic (exact) mass is 222 g/mol. The second kappa shape index (κ2) is 5.16. The lowest BCUT2D eigenvalue weighted by molar-refractivity contribution is -0.114. The molecule has 0 aliphatic rings. The Kier molecular flexibility index (Phi) is 3.88. The lowest BCUT2D eigenvalue weighted by Crippen LogP contribution is -2.19. The molecule has 0 aliphatic carbocycles. The lowest BCUT2D eigenvalue weighted by Gasteiger charge is -2.02. The van der Waals surface area contributed by atoms with E-state index in [-0.39, 0.29) is 5.49 Å². The highest BCUT2D eigenvalue weighted by atomic mass is 16.5. The van der Waals surface area contributed by atoms with Gasteiger partial charge in [0.2, 0.25) is 0 Å². The van der Waals surface area contributed by atoms with E-state index in [0.717, 1.165) is 4.73 Å². The maximum Gasteiger partial charge on any atom is 0.278 e. The van der Waals surface area contributed by atoms with Crippen molar-refractivity contribution in [3.63, 3.8) is 0 Å². The highest BCUT2D eigenvalue weighted by Gasteiger charge is 2.06. The zero-order valence-corrected chi connectivity index (χ0v) is 9.47. The molecule has 0 unspecified atom stereocenters. The van der Waals surface area contributed by atoms with Crippen molar-refractivity contribution in [1.29, 1.82) is 0 Å². The van der Waals surface area contributed by atoms with Gasteiger partial charge in [-0.25, -0.2) is 0 Å². The molecular formula is C11H14N2O3. The van der Waals surface area contributed by atoms with Gasteiger partial charge in [-0.15, -0.1) is 0 Å². The van der Waals surface area contributed by atoms with Gasteiger partial charge in [-0.2, -0.15) is 9.72 Å². The topological polar surface area (TPSA) is 63.8 Å². The smallest absolute Gasteiger partial charge is 0.278 e. The molecule has 86 valence electrons. The molecule has 1 N–H and O–H groups in total. The van der Waals surface area contributed by atoms with E-state index in [2.05, 4.69) is 4.99 Å². The van der Waals surface area contributed by atoms with Gasteiger partial charge in [0.1, 0.15) is 5.76 Å². The second-order valence-electron chi connectivity index (χ2n) is 3.21. The number of hydrogen-bond donors (Lipinski definition) is 1. The summed E-state index contributed by atoms with van der Waals surface area (Å²) in [5.41, 5.74) is 0.585. The molecule has 0 saturated carbocycles. The van der Waals surface area contributed by atoms with Gasteiger partial charge in [-0.3, -0.25) is 4.79 Å². The molecule has 0 bridgehead atoms. The summed E-state index contributed by atoms with van der Waals surface area (Å²) in [4.78, 5) is 15.4. The normalized spacial score (nSPS) is 13.3. The fourth-order valence-electron chi connectivity index (χ4n) is 1.01. The minimum absolute atomic E-state index is 0.177. The SMILES string of the molecule is CO/C(C)=C(/C)C(=O)N=c1ccccn1O. The van der Waals surface area contributed by atoms with Crippen molar-refractivity contribution < 1.29 is 14.7 Å². The van der Waals surface area contributed by atoms with Crippen LogP contribution in [-0.2, 0) is 9.53 Å². The molecule has 1 amide bonds. The first-order valence-corrected chi connectivity index (χ1v) is 4.73. The van der Waals surface area contributed by atoms with Crippen molar-refractivity contribution in [3.8, 4) is 0 Å². The maximum atomic E-state index is 11.6. The minimum atomic E-state index is -0.437. The van der Waals surface area contributed by atoms with Crippen molar-refractivity contribution in [2.45, 2.75) is 13.8 Å². The van der Waals surface area contributed by atoms with E-state index in [1.165, 1.54) is 19.4 Å². The lowest BCUT2D eigenvalue weighted by atomic mass is 10.2. The third-order valence-electron chi connectivity index (χ3n) is 2.19. The maximum absolute atomic E-state index is 11.6. The van der Waals surface area contributed by atoms with E-state index in [1.54, 1.807) is 26.0 Å². The molecule has 0 saturated heterocycles. The summed E-state index contributed by atoms with van der Waals surface area (Å²) in [6.45, 7) is 3.30. The van der Waals surface area contributed by atoms with Crippen LogP contribution in [0.15, 0.2) is 40.7 Å². The molecule has 0 radical (unpaired) electrons. The van der Waals surface area contributed by atoms with Gasteiger partial charge in [-0.05, 0) is 26.0 Å². The summed E-state index contributed by atoms with van der Waals surface area (Å²) in [6.07, 6.45) is 1.40. The molecular weight excluding hydrogens is 208 g/mol. The number of carbonyl (C=O) groups excluding carboxylic acids is 1. The molecule has 0 aromatic carbocycles. The second-order valence-corrected chi connectivity index (χ2v) is 3.21. The molecule has 0 atom stereocenters. The van der Waals surface area contributed by atoms with Crippen LogP contribution in [0.2, 0.25) is 0 Å². The largest absolute Gasteiger partial charge is 0.501 e. The van der Waals surface area contributed by atoms with E-state index in [0.29, 0.717) is 11.3 Å². The van der Waals surface area contributed by atoms with Crippen LogP contribution < -0.4 is 5.49 Å². The average molecular weight is 222 g/mol. The van der Waals surface area contributed by atoms with E-state index < -0.39 is 5.91 Å². The van der Waals surface area contributed by atoms with Gasteiger partial charge in [0.15, 0.2) is 5.49 Å². The molecule has 0 aliphatic heterocycles. The summed E-state index contributed by atoms with van der Waals surface area (Å²) in [5, 5.41) is 9.36. The number of aromatic nitrogens is 1. The highest BCUT2D eigenvalue weighted by molar-refractivity contribution is 5.93. The molecule has 1 aromatic rings. The van der Waals surface area contributed by atoms with Crippen LogP contribution in [0.3, 0.4) is 0 Å². The molecule has 5 heteroatoms. The van der Waals surface area contributed by atoms with Gasteiger partial charge in [-0.1, -0.05) is 6.07 Å². The zero-order chi connectivity index (χ0) is 12.1. The van der Waals surface area contributed by atoms with Crippen molar-refractivity contribution in [2.24, 2.45) is 4.99 Å².